The highest BCUT2D eigenvalue weighted by molar-refractivity contribution is 6.01. The second-order valence-electron chi connectivity index (χ2n) is 6.62. The standard InChI is InChI=1S/C22H19N3O2/c1-26-20-12-7-10-16-19-14-18(15-8-3-2-4-9-15)24-25(19)22(27-21(16)20)17-11-5-6-13-23-17/h2-13,19,22H,14H2,1H3/t19-,22-/m1/s1. The molecular formula is C22H19N3O2. The van der Waals surface area contributed by atoms with Crippen LogP contribution in [-0.2, 0) is 0 Å². The van der Waals surface area contributed by atoms with Gasteiger partial charge in [0.05, 0.1) is 18.9 Å². The van der Waals surface area contributed by atoms with E-state index in [2.05, 4.69) is 23.2 Å². The first-order valence-corrected chi connectivity index (χ1v) is 9.01. The van der Waals surface area contributed by atoms with Gasteiger partial charge in [-0.15, -0.1) is 0 Å². The van der Waals surface area contributed by atoms with E-state index in [1.54, 1.807) is 13.3 Å². The molecule has 5 rings (SSSR count). The minimum atomic E-state index is -0.388. The van der Waals surface area contributed by atoms with E-state index in [0.717, 1.165) is 40.5 Å². The lowest BCUT2D eigenvalue weighted by atomic mass is 9.96. The van der Waals surface area contributed by atoms with Crippen LogP contribution in [0, 0.1) is 0 Å². The number of aromatic nitrogens is 1. The third-order valence-corrected chi connectivity index (χ3v) is 5.05. The Morgan fingerprint density at radius 3 is 2.63 bits per heavy atom. The zero-order valence-electron chi connectivity index (χ0n) is 14.9. The van der Waals surface area contributed by atoms with Crippen LogP contribution in [0.4, 0.5) is 0 Å². The van der Waals surface area contributed by atoms with Gasteiger partial charge in [-0.3, -0.25) is 4.98 Å². The van der Waals surface area contributed by atoms with E-state index in [-0.39, 0.29) is 12.3 Å². The molecule has 27 heavy (non-hydrogen) atoms. The highest BCUT2D eigenvalue weighted by Crippen LogP contribution is 2.50. The molecule has 0 unspecified atom stereocenters. The van der Waals surface area contributed by atoms with Crippen molar-refractivity contribution in [2.75, 3.05) is 7.11 Å². The summed E-state index contributed by atoms with van der Waals surface area (Å²) < 4.78 is 11.9. The van der Waals surface area contributed by atoms with Crippen molar-refractivity contribution in [2.24, 2.45) is 5.10 Å². The van der Waals surface area contributed by atoms with Gasteiger partial charge in [0, 0.05) is 18.2 Å². The van der Waals surface area contributed by atoms with Crippen molar-refractivity contribution < 1.29 is 9.47 Å². The quantitative estimate of drug-likeness (QED) is 0.700. The summed E-state index contributed by atoms with van der Waals surface area (Å²) in [5.41, 5.74) is 4.12. The number of rotatable bonds is 3. The van der Waals surface area contributed by atoms with Crippen molar-refractivity contribution in [3.05, 3.63) is 89.7 Å². The van der Waals surface area contributed by atoms with E-state index in [4.69, 9.17) is 14.6 Å². The number of fused-ring (bicyclic) bond motifs is 3. The molecule has 0 amide bonds. The molecule has 134 valence electrons. The van der Waals surface area contributed by atoms with Crippen molar-refractivity contribution in [3.63, 3.8) is 0 Å². The van der Waals surface area contributed by atoms with Crippen LogP contribution in [0.15, 0.2) is 78.0 Å². The Bertz CT molecular complexity index is 989. The molecule has 0 N–H and O–H groups in total. The van der Waals surface area contributed by atoms with Crippen LogP contribution in [0.5, 0.6) is 11.5 Å². The lowest BCUT2D eigenvalue weighted by Crippen LogP contribution is -2.34. The minimum Gasteiger partial charge on any atom is -0.493 e. The second-order valence-corrected chi connectivity index (χ2v) is 6.62. The molecule has 1 aromatic heterocycles. The number of pyridine rings is 1. The molecular weight excluding hydrogens is 338 g/mol. The summed E-state index contributed by atoms with van der Waals surface area (Å²) >= 11 is 0. The zero-order valence-corrected chi connectivity index (χ0v) is 14.9. The smallest absolute Gasteiger partial charge is 0.230 e. The Labute approximate surface area is 157 Å². The molecule has 0 spiro atoms. The van der Waals surface area contributed by atoms with Crippen LogP contribution < -0.4 is 9.47 Å². The van der Waals surface area contributed by atoms with Crippen molar-refractivity contribution in [1.82, 2.24) is 9.99 Å². The van der Waals surface area contributed by atoms with Gasteiger partial charge in [-0.1, -0.05) is 48.5 Å². The average Bonchev–Trinajstić information content (AvgIpc) is 3.20. The summed E-state index contributed by atoms with van der Waals surface area (Å²) in [6.45, 7) is 0. The van der Waals surface area contributed by atoms with Crippen molar-refractivity contribution >= 4 is 5.71 Å². The molecule has 0 fully saturated rings. The summed E-state index contributed by atoms with van der Waals surface area (Å²) in [7, 11) is 1.67. The third kappa shape index (κ3) is 2.63. The van der Waals surface area contributed by atoms with Crippen LogP contribution in [0.2, 0.25) is 0 Å². The lowest BCUT2D eigenvalue weighted by Gasteiger charge is -2.38. The third-order valence-electron chi connectivity index (χ3n) is 5.05. The summed E-state index contributed by atoms with van der Waals surface area (Å²) in [5.74, 6) is 1.52. The Hall–Kier alpha value is -3.34. The number of methoxy groups -OCH3 is 1. The molecule has 0 bridgehead atoms. The van der Waals surface area contributed by atoms with Crippen molar-refractivity contribution in [2.45, 2.75) is 18.7 Å². The fraction of sp³-hybridized carbons (Fsp3) is 0.182. The van der Waals surface area contributed by atoms with Crippen LogP contribution in [0.1, 0.15) is 35.5 Å². The molecule has 0 saturated carbocycles. The van der Waals surface area contributed by atoms with Crippen molar-refractivity contribution in [3.8, 4) is 11.5 Å². The molecule has 3 heterocycles. The average molecular weight is 357 g/mol. The fourth-order valence-corrected chi connectivity index (χ4v) is 3.77. The number of hydrogen-bond acceptors (Lipinski definition) is 5. The molecule has 5 nitrogen and oxygen atoms in total. The molecule has 2 aliphatic rings. The SMILES string of the molecule is COc1cccc2c1O[C@H](c1ccccn1)N1N=C(c3ccccc3)C[C@H]21. The first-order chi connectivity index (χ1) is 13.3. The maximum Gasteiger partial charge on any atom is 0.230 e. The van der Waals surface area contributed by atoms with E-state index >= 15 is 0 Å². The first kappa shape index (κ1) is 15.9. The molecule has 3 aromatic rings. The topological polar surface area (TPSA) is 47.0 Å². The number of hydrazone groups is 1. The maximum atomic E-state index is 6.37. The van der Waals surface area contributed by atoms with Crippen LogP contribution >= 0.6 is 0 Å². The predicted octanol–water partition coefficient (Wildman–Crippen LogP) is 4.33. The number of benzene rings is 2. The molecule has 0 aliphatic carbocycles. The Balaban J connectivity index is 1.63. The number of hydrogen-bond donors (Lipinski definition) is 0. The van der Waals surface area contributed by atoms with Gasteiger partial charge in [-0.05, 0) is 23.8 Å². The van der Waals surface area contributed by atoms with Gasteiger partial charge >= 0.3 is 0 Å². The monoisotopic (exact) mass is 357 g/mol. The van der Waals surface area contributed by atoms with E-state index in [1.807, 2.05) is 53.5 Å². The molecule has 0 radical (unpaired) electrons. The van der Waals surface area contributed by atoms with E-state index < -0.39 is 0 Å². The summed E-state index contributed by atoms with van der Waals surface area (Å²) in [6.07, 6.45) is 2.21. The summed E-state index contributed by atoms with van der Waals surface area (Å²) in [6, 6.07) is 22.2. The van der Waals surface area contributed by atoms with Crippen LogP contribution in [0.3, 0.4) is 0 Å². The Morgan fingerprint density at radius 1 is 1.00 bits per heavy atom. The second kappa shape index (κ2) is 6.43. The van der Waals surface area contributed by atoms with Gasteiger partial charge in [0.25, 0.3) is 0 Å². The molecule has 5 heteroatoms. The van der Waals surface area contributed by atoms with Gasteiger partial charge in [0.2, 0.25) is 6.23 Å². The molecule has 2 aromatic carbocycles. The fourth-order valence-electron chi connectivity index (χ4n) is 3.77. The molecule has 2 atom stereocenters. The lowest BCUT2D eigenvalue weighted by molar-refractivity contribution is -0.0236. The summed E-state index contributed by atoms with van der Waals surface area (Å²) in [5, 5.41) is 6.97. The minimum absolute atomic E-state index is 0.0889. The Kier molecular flexibility index (Phi) is 3.78. The van der Waals surface area contributed by atoms with Gasteiger partial charge in [-0.2, -0.15) is 5.10 Å². The van der Waals surface area contributed by atoms with Crippen LogP contribution in [-0.4, -0.2) is 22.8 Å². The molecule has 0 saturated heterocycles. The number of ether oxygens (including phenoxy) is 2. The van der Waals surface area contributed by atoms with Crippen LogP contribution in [0.25, 0.3) is 0 Å². The van der Waals surface area contributed by atoms with Gasteiger partial charge in [-0.25, -0.2) is 5.01 Å². The van der Waals surface area contributed by atoms with E-state index in [9.17, 15) is 0 Å². The van der Waals surface area contributed by atoms with E-state index in [0.29, 0.717) is 0 Å². The predicted molar refractivity (Wildman–Crippen MR) is 103 cm³/mol. The Morgan fingerprint density at radius 2 is 1.85 bits per heavy atom. The van der Waals surface area contributed by atoms with Crippen molar-refractivity contribution in [1.29, 1.82) is 0 Å². The number of para-hydroxylation sites is 1. The highest BCUT2D eigenvalue weighted by atomic mass is 16.5. The first-order valence-electron chi connectivity index (χ1n) is 9.01. The summed E-state index contributed by atoms with van der Waals surface area (Å²) in [4.78, 5) is 4.51. The molecule has 2 aliphatic heterocycles. The van der Waals surface area contributed by atoms with Gasteiger partial charge in [0.15, 0.2) is 11.5 Å². The largest absolute Gasteiger partial charge is 0.493 e. The maximum absolute atomic E-state index is 6.37. The van der Waals surface area contributed by atoms with Gasteiger partial charge < -0.3 is 9.47 Å². The van der Waals surface area contributed by atoms with Gasteiger partial charge in [0.1, 0.15) is 5.69 Å². The zero-order chi connectivity index (χ0) is 18.2. The number of nitrogens with zero attached hydrogens (tertiary/aromatic N) is 3. The normalized spacial score (nSPS) is 20.3. The van der Waals surface area contributed by atoms with E-state index in [1.165, 1.54) is 0 Å². The highest BCUT2D eigenvalue weighted by Gasteiger charge is 2.42.